The van der Waals surface area contributed by atoms with E-state index in [2.05, 4.69) is 5.32 Å². The van der Waals surface area contributed by atoms with E-state index in [-0.39, 0.29) is 5.91 Å². The molecule has 0 heterocycles. The van der Waals surface area contributed by atoms with Gasteiger partial charge < -0.3 is 15.8 Å². The van der Waals surface area contributed by atoms with Crippen molar-refractivity contribution in [1.82, 2.24) is 5.32 Å². The van der Waals surface area contributed by atoms with E-state index in [0.29, 0.717) is 5.56 Å². The number of amides is 1. The van der Waals surface area contributed by atoms with Gasteiger partial charge in [0.15, 0.2) is 0 Å². The van der Waals surface area contributed by atoms with Gasteiger partial charge in [-0.25, -0.2) is 0 Å². The van der Waals surface area contributed by atoms with Gasteiger partial charge in [-0.3, -0.25) is 4.79 Å². The summed E-state index contributed by atoms with van der Waals surface area (Å²) < 4.78 is 4.97. The smallest absolute Gasteiger partial charge is 0.248 e. The van der Waals surface area contributed by atoms with Crippen LogP contribution in [0.2, 0.25) is 0 Å². The summed E-state index contributed by atoms with van der Waals surface area (Å²) in [5, 5.41) is 3.33. The van der Waals surface area contributed by atoms with Crippen LogP contribution in [0.4, 0.5) is 0 Å². The number of rotatable bonds is 7. The Bertz CT molecular complexity index is 378. The Morgan fingerprint density at radius 1 is 1.47 bits per heavy atom. The van der Waals surface area contributed by atoms with Crippen molar-refractivity contribution < 1.29 is 9.53 Å². The van der Waals surface area contributed by atoms with Crippen LogP contribution in [0.3, 0.4) is 0 Å². The SMILES string of the molecule is COCCCNCc1ccc(C(N)=O)cc1C. The van der Waals surface area contributed by atoms with Crippen molar-refractivity contribution in [3.8, 4) is 0 Å². The molecule has 0 aliphatic carbocycles. The molecule has 0 saturated heterocycles. The maximum atomic E-state index is 11.0. The summed E-state index contributed by atoms with van der Waals surface area (Å²) in [7, 11) is 1.70. The van der Waals surface area contributed by atoms with Gasteiger partial charge in [0.05, 0.1) is 0 Å². The highest BCUT2D eigenvalue weighted by Crippen LogP contribution is 2.10. The van der Waals surface area contributed by atoms with Crippen molar-refractivity contribution in [2.75, 3.05) is 20.3 Å². The van der Waals surface area contributed by atoms with Crippen molar-refractivity contribution in [3.05, 3.63) is 34.9 Å². The molecule has 1 aromatic carbocycles. The van der Waals surface area contributed by atoms with Gasteiger partial charge in [0.25, 0.3) is 0 Å². The topological polar surface area (TPSA) is 64.3 Å². The molecule has 0 aromatic heterocycles. The van der Waals surface area contributed by atoms with E-state index in [0.717, 1.165) is 31.7 Å². The molecule has 0 unspecified atom stereocenters. The zero-order chi connectivity index (χ0) is 12.7. The van der Waals surface area contributed by atoms with Crippen molar-refractivity contribution >= 4 is 5.91 Å². The van der Waals surface area contributed by atoms with Crippen molar-refractivity contribution in [1.29, 1.82) is 0 Å². The third-order valence-corrected chi connectivity index (χ3v) is 2.64. The molecule has 4 nitrogen and oxygen atoms in total. The third kappa shape index (κ3) is 4.54. The second kappa shape index (κ2) is 7.04. The summed E-state index contributed by atoms with van der Waals surface area (Å²) in [5.41, 5.74) is 8.05. The highest BCUT2D eigenvalue weighted by molar-refractivity contribution is 5.93. The first-order chi connectivity index (χ1) is 8.15. The minimum absolute atomic E-state index is 0.382. The van der Waals surface area contributed by atoms with Crippen molar-refractivity contribution in [2.45, 2.75) is 19.9 Å². The number of primary amides is 1. The quantitative estimate of drug-likeness (QED) is 0.700. The van der Waals surface area contributed by atoms with Gasteiger partial charge in [0, 0.05) is 25.8 Å². The Balaban J connectivity index is 2.46. The predicted molar refractivity (Wildman–Crippen MR) is 67.9 cm³/mol. The lowest BCUT2D eigenvalue weighted by molar-refractivity contribution is 0.1000. The van der Waals surface area contributed by atoms with E-state index in [1.807, 2.05) is 19.1 Å². The fourth-order valence-electron chi connectivity index (χ4n) is 1.61. The Morgan fingerprint density at radius 2 is 2.24 bits per heavy atom. The summed E-state index contributed by atoms with van der Waals surface area (Å²) in [6.07, 6.45) is 0.995. The molecular weight excluding hydrogens is 216 g/mol. The number of nitrogens with two attached hydrogens (primary N) is 1. The number of benzene rings is 1. The number of hydrogen-bond acceptors (Lipinski definition) is 3. The van der Waals surface area contributed by atoms with Crippen LogP contribution in [0, 0.1) is 6.92 Å². The van der Waals surface area contributed by atoms with E-state index in [1.54, 1.807) is 13.2 Å². The maximum Gasteiger partial charge on any atom is 0.248 e. The van der Waals surface area contributed by atoms with E-state index in [9.17, 15) is 4.79 Å². The molecule has 0 bridgehead atoms. The summed E-state index contributed by atoms with van der Waals surface area (Å²) in [5.74, 6) is -0.382. The minimum Gasteiger partial charge on any atom is -0.385 e. The number of nitrogens with one attached hydrogen (secondary N) is 1. The normalized spacial score (nSPS) is 10.5. The number of hydrogen-bond donors (Lipinski definition) is 2. The molecule has 0 radical (unpaired) electrons. The first-order valence-corrected chi connectivity index (χ1v) is 5.74. The fraction of sp³-hybridized carbons (Fsp3) is 0.462. The molecule has 3 N–H and O–H groups in total. The lowest BCUT2D eigenvalue weighted by atomic mass is 10.0. The molecule has 1 aromatic rings. The fourth-order valence-corrected chi connectivity index (χ4v) is 1.61. The number of carbonyl (C=O) groups is 1. The maximum absolute atomic E-state index is 11.0. The van der Waals surface area contributed by atoms with Gasteiger partial charge in [-0.2, -0.15) is 0 Å². The lowest BCUT2D eigenvalue weighted by Crippen LogP contribution is -2.17. The van der Waals surface area contributed by atoms with Gasteiger partial charge in [-0.05, 0) is 43.1 Å². The van der Waals surface area contributed by atoms with Crippen LogP contribution < -0.4 is 11.1 Å². The second-order valence-electron chi connectivity index (χ2n) is 4.03. The van der Waals surface area contributed by atoms with Crippen molar-refractivity contribution in [3.63, 3.8) is 0 Å². The Hall–Kier alpha value is -1.39. The molecule has 94 valence electrons. The summed E-state index contributed by atoms with van der Waals surface area (Å²) >= 11 is 0. The Kier molecular flexibility index (Phi) is 5.66. The average molecular weight is 236 g/mol. The highest BCUT2D eigenvalue weighted by atomic mass is 16.5. The molecule has 0 aliphatic heterocycles. The van der Waals surface area contributed by atoms with Crippen LogP contribution in [-0.2, 0) is 11.3 Å². The van der Waals surface area contributed by atoms with Crippen LogP contribution in [0.5, 0.6) is 0 Å². The summed E-state index contributed by atoms with van der Waals surface area (Å²) in [6, 6.07) is 5.54. The highest BCUT2D eigenvalue weighted by Gasteiger charge is 2.03. The van der Waals surface area contributed by atoms with Crippen LogP contribution in [0.15, 0.2) is 18.2 Å². The summed E-state index contributed by atoms with van der Waals surface area (Å²) in [6.45, 7) is 4.48. The van der Waals surface area contributed by atoms with E-state index in [4.69, 9.17) is 10.5 Å². The van der Waals surface area contributed by atoms with Gasteiger partial charge in [0.1, 0.15) is 0 Å². The second-order valence-corrected chi connectivity index (χ2v) is 4.03. The standard InChI is InChI=1S/C13H20N2O2/c1-10-8-11(13(14)16)4-5-12(10)9-15-6-3-7-17-2/h4-5,8,15H,3,6-7,9H2,1-2H3,(H2,14,16). The molecule has 4 heteroatoms. The van der Waals surface area contributed by atoms with Gasteiger partial charge in [-0.15, -0.1) is 0 Å². The number of ether oxygens (including phenoxy) is 1. The van der Waals surface area contributed by atoms with Crippen LogP contribution >= 0.6 is 0 Å². The monoisotopic (exact) mass is 236 g/mol. The summed E-state index contributed by atoms with van der Waals surface area (Å²) in [4.78, 5) is 11.0. The van der Waals surface area contributed by atoms with Crippen molar-refractivity contribution in [2.24, 2.45) is 5.73 Å². The van der Waals surface area contributed by atoms with E-state index in [1.165, 1.54) is 5.56 Å². The first kappa shape index (κ1) is 13.7. The molecule has 0 fully saturated rings. The molecular formula is C13H20N2O2. The lowest BCUT2D eigenvalue weighted by Gasteiger charge is -2.08. The van der Waals surface area contributed by atoms with E-state index < -0.39 is 0 Å². The van der Waals surface area contributed by atoms with E-state index >= 15 is 0 Å². The van der Waals surface area contributed by atoms with Crippen LogP contribution in [0.25, 0.3) is 0 Å². The predicted octanol–water partition coefficient (Wildman–Crippen LogP) is 1.22. The first-order valence-electron chi connectivity index (χ1n) is 5.74. The molecule has 0 atom stereocenters. The third-order valence-electron chi connectivity index (χ3n) is 2.64. The molecule has 1 amide bonds. The molecule has 0 aliphatic rings. The zero-order valence-corrected chi connectivity index (χ0v) is 10.5. The van der Waals surface area contributed by atoms with Crippen LogP contribution in [0.1, 0.15) is 27.9 Å². The Morgan fingerprint density at radius 3 is 2.82 bits per heavy atom. The zero-order valence-electron chi connectivity index (χ0n) is 10.5. The molecule has 0 saturated carbocycles. The van der Waals surface area contributed by atoms with Gasteiger partial charge in [0.2, 0.25) is 5.91 Å². The van der Waals surface area contributed by atoms with Gasteiger partial charge in [-0.1, -0.05) is 6.07 Å². The average Bonchev–Trinajstić information content (AvgIpc) is 2.30. The number of methoxy groups -OCH3 is 1. The molecule has 1 rings (SSSR count). The number of aryl methyl sites for hydroxylation is 1. The van der Waals surface area contributed by atoms with Crippen LogP contribution in [-0.4, -0.2) is 26.2 Å². The molecule has 17 heavy (non-hydrogen) atoms. The number of carbonyl (C=O) groups excluding carboxylic acids is 1. The van der Waals surface area contributed by atoms with Gasteiger partial charge >= 0.3 is 0 Å². The largest absolute Gasteiger partial charge is 0.385 e. The molecule has 0 spiro atoms. The Labute approximate surface area is 102 Å². The minimum atomic E-state index is -0.382.